The van der Waals surface area contributed by atoms with E-state index in [1.54, 1.807) is 31.2 Å². The van der Waals surface area contributed by atoms with E-state index < -0.39 is 10.0 Å². The van der Waals surface area contributed by atoms with Crippen LogP contribution in [0, 0.1) is 0 Å². The molecule has 1 aromatic rings. The van der Waals surface area contributed by atoms with Crippen molar-refractivity contribution in [1.29, 1.82) is 0 Å². The lowest BCUT2D eigenvalue weighted by molar-refractivity contribution is 0.124. The number of hydrogen-bond donors (Lipinski definition) is 2. The van der Waals surface area contributed by atoms with Gasteiger partial charge in [0.25, 0.3) is 0 Å². The van der Waals surface area contributed by atoms with Crippen LogP contribution in [-0.2, 0) is 21.3 Å². The first-order valence-electron chi connectivity index (χ1n) is 5.42. The van der Waals surface area contributed by atoms with E-state index in [1.165, 1.54) is 0 Å². The lowest BCUT2D eigenvalue weighted by Gasteiger charge is -2.13. The summed E-state index contributed by atoms with van der Waals surface area (Å²) in [6, 6.07) is 6.43. The molecule has 0 bridgehead atoms. The van der Waals surface area contributed by atoms with E-state index in [-0.39, 0.29) is 17.5 Å². The zero-order chi connectivity index (χ0) is 12.9. The molecule has 0 aromatic heterocycles. The molecule has 0 saturated carbocycles. The molecular formula is C11H18N2O3S. The smallest absolute Gasteiger partial charge is 0.240 e. The second-order valence-corrected chi connectivity index (χ2v) is 5.57. The molecule has 3 N–H and O–H groups in total. The maximum atomic E-state index is 11.9. The maximum absolute atomic E-state index is 11.9. The van der Waals surface area contributed by atoms with E-state index in [2.05, 4.69) is 9.56 Å². The van der Waals surface area contributed by atoms with Crippen molar-refractivity contribution >= 4 is 10.0 Å². The molecule has 0 radical (unpaired) electrons. The van der Waals surface area contributed by atoms with Crippen LogP contribution in [0.2, 0.25) is 0 Å². The van der Waals surface area contributed by atoms with Crippen molar-refractivity contribution in [3.05, 3.63) is 29.8 Å². The second kappa shape index (κ2) is 6.11. The molecule has 1 unspecified atom stereocenters. The van der Waals surface area contributed by atoms with Crippen molar-refractivity contribution in [3.63, 3.8) is 0 Å². The van der Waals surface area contributed by atoms with Crippen molar-refractivity contribution < 1.29 is 13.3 Å². The second-order valence-electron chi connectivity index (χ2n) is 3.85. The predicted octanol–water partition coefficient (Wildman–Crippen LogP) is 0.806. The Hall–Kier alpha value is -0.950. The topological polar surface area (TPSA) is 81.4 Å². The molecule has 0 saturated heterocycles. The van der Waals surface area contributed by atoms with Gasteiger partial charge in [-0.3, -0.25) is 0 Å². The quantitative estimate of drug-likeness (QED) is 0.740. The molecule has 0 aliphatic rings. The average Bonchev–Trinajstić information content (AvgIpc) is 2.28. The molecule has 1 atom stereocenters. The molecule has 0 fully saturated rings. The van der Waals surface area contributed by atoms with Gasteiger partial charge in [-0.2, -0.15) is 0 Å². The van der Waals surface area contributed by atoms with Gasteiger partial charge in [0, 0.05) is 6.04 Å². The third-order valence-corrected chi connectivity index (χ3v) is 3.95. The van der Waals surface area contributed by atoms with Gasteiger partial charge in [0.15, 0.2) is 0 Å². The van der Waals surface area contributed by atoms with Crippen molar-refractivity contribution in [1.82, 2.24) is 4.72 Å². The first-order chi connectivity index (χ1) is 7.99. The summed E-state index contributed by atoms with van der Waals surface area (Å²) in [6.07, 6.45) is 0.880. The van der Waals surface area contributed by atoms with Gasteiger partial charge >= 0.3 is 0 Å². The minimum Gasteiger partial charge on any atom is -0.303 e. The molecule has 0 amide bonds. The Morgan fingerprint density at radius 1 is 1.35 bits per heavy atom. The van der Waals surface area contributed by atoms with Crippen molar-refractivity contribution in [2.45, 2.75) is 31.2 Å². The van der Waals surface area contributed by atoms with Crippen molar-refractivity contribution in [2.24, 2.45) is 5.90 Å². The van der Waals surface area contributed by atoms with E-state index in [1.807, 2.05) is 6.92 Å². The Morgan fingerprint density at radius 3 is 2.41 bits per heavy atom. The molecule has 0 heterocycles. The Morgan fingerprint density at radius 2 is 1.94 bits per heavy atom. The summed E-state index contributed by atoms with van der Waals surface area (Å²) in [6.45, 7) is 3.83. The van der Waals surface area contributed by atoms with Gasteiger partial charge in [0.05, 0.1) is 11.5 Å². The van der Waals surface area contributed by atoms with Crippen LogP contribution in [0.15, 0.2) is 29.2 Å². The van der Waals surface area contributed by atoms with Gasteiger partial charge in [-0.1, -0.05) is 19.1 Å². The van der Waals surface area contributed by atoms with Crippen molar-refractivity contribution in [3.8, 4) is 0 Å². The Kier molecular flexibility index (Phi) is 5.07. The van der Waals surface area contributed by atoms with E-state index in [4.69, 9.17) is 5.90 Å². The molecule has 5 nitrogen and oxygen atoms in total. The fourth-order valence-electron chi connectivity index (χ4n) is 1.42. The van der Waals surface area contributed by atoms with Gasteiger partial charge in [-0.05, 0) is 31.0 Å². The van der Waals surface area contributed by atoms with Crippen LogP contribution in [0.5, 0.6) is 0 Å². The summed E-state index contributed by atoms with van der Waals surface area (Å²) in [5, 5.41) is 0. The van der Waals surface area contributed by atoms with Gasteiger partial charge in [-0.25, -0.2) is 19.0 Å². The zero-order valence-corrected chi connectivity index (χ0v) is 10.8. The summed E-state index contributed by atoms with van der Waals surface area (Å²) in [4.78, 5) is 4.64. The standard InChI is InChI=1S/C11H18N2O3S/c1-3-10-4-6-11(7-5-10)17(14,15)13-9(2)8-16-12/h4-7,9,13H,3,8,12H2,1-2H3. The van der Waals surface area contributed by atoms with Gasteiger partial charge in [-0.15, -0.1) is 0 Å². The number of aryl methyl sites for hydroxylation is 1. The number of benzene rings is 1. The van der Waals surface area contributed by atoms with Gasteiger partial charge in [0.2, 0.25) is 10.0 Å². The lowest BCUT2D eigenvalue weighted by atomic mass is 10.2. The Labute approximate surface area is 102 Å². The Bertz CT molecular complexity index is 442. The fraction of sp³-hybridized carbons (Fsp3) is 0.455. The number of sulfonamides is 1. The minimum absolute atomic E-state index is 0.131. The molecule has 17 heavy (non-hydrogen) atoms. The Balaban J connectivity index is 2.82. The van der Waals surface area contributed by atoms with E-state index in [9.17, 15) is 8.42 Å². The van der Waals surface area contributed by atoms with Crippen LogP contribution >= 0.6 is 0 Å². The number of nitrogens with one attached hydrogen (secondary N) is 1. The largest absolute Gasteiger partial charge is 0.303 e. The average molecular weight is 258 g/mol. The highest BCUT2D eigenvalue weighted by molar-refractivity contribution is 7.89. The zero-order valence-electron chi connectivity index (χ0n) is 10.0. The van der Waals surface area contributed by atoms with Crippen LogP contribution in [0.3, 0.4) is 0 Å². The summed E-state index contributed by atoms with van der Waals surface area (Å²) < 4.78 is 26.3. The molecule has 1 rings (SSSR count). The summed E-state index contributed by atoms with van der Waals surface area (Å²) in [5.74, 6) is 4.89. The molecular weight excluding hydrogens is 240 g/mol. The number of nitrogens with two attached hydrogens (primary N) is 1. The highest BCUT2D eigenvalue weighted by atomic mass is 32.2. The highest BCUT2D eigenvalue weighted by Gasteiger charge is 2.16. The molecule has 1 aromatic carbocycles. The highest BCUT2D eigenvalue weighted by Crippen LogP contribution is 2.11. The summed E-state index contributed by atoms with van der Waals surface area (Å²) in [5.41, 5.74) is 1.10. The van der Waals surface area contributed by atoms with E-state index >= 15 is 0 Å². The minimum atomic E-state index is -3.49. The summed E-state index contributed by atoms with van der Waals surface area (Å²) in [7, 11) is -3.49. The lowest BCUT2D eigenvalue weighted by Crippen LogP contribution is -2.36. The van der Waals surface area contributed by atoms with E-state index in [0.717, 1.165) is 12.0 Å². The first kappa shape index (κ1) is 14.1. The van der Waals surface area contributed by atoms with Crippen LogP contribution in [0.4, 0.5) is 0 Å². The maximum Gasteiger partial charge on any atom is 0.240 e. The third kappa shape index (κ3) is 4.08. The first-order valence-corrected chi connectivity index (χ1v) is 6.91. The molecule has 96 valence electrons. The van der Waals surface area contributed by atoms with Gasteiger partial charge in [0.1, 0.15) is 0 Å². The van der Waals surface area contributed by atoms with Crippen LogP contribution in [0.25, 0.3) is 0 Å². The monoisotopic (exact) mass is 258 g/mol. The normalized spacial score (nSPS) is 13.6. The summed E-state index contributed by atoms with van der Waals surface area (Å²) >= 11 is 0. The van der Waals surface area contributed by atoms with Crippen LogP contribution in [-0.4, -0.2) is 21.1 Å². The molecule has 0 aliphatic heterocycles. The van der Waals surface area contributed by atoms with Crippen LogP contribution in [0.1, 0.15) is 19.4 Å². The fourth-order valence-corrected chi connectivity index (χ4v) is 2.64. The third-order valence-electron chi connectivity index (χ3n) is 2.34. The SMILES string of the molecule is CCc1ccc(S(=O)(=O)NC(C)CON)cc1. The van der Waals surface area contributed by atoms with Crippen LogP contribution < -0.4 is 10.6 Å². The molecule has 0 spiro atoms. The predicted molar refractivity (Wildman–Crippen MR) is 65.7 cm³/mol. The molecule has 6 heteroatoms. The molecule has 0 aliphatic carbocycles. The number of rotatable bonds is 6. The number of hydrogen-bond acceptors (Lipinski definition) is 4. The van der Waals surface area contributed by atoms with E-state index in [0.29, 0.717) is 0 Å². The van der Waals surface area contributed by atoms with Crippen molar-refractivity contribution in [2.75, 3.05) is 6.61 Å². The van der Waals surface area contributed by atoms with Gasteiger partial charge < -0.3 is 4.84 Å².